The van der Waals surface area contributed by atoms with Crippen molar-refractivity contribution in [3.05, 3.63) is 64.7 Å². The fraction of sp³-hybridized carbons (Fsp3) is 0.375. The number of benzene rings is 2. The van der Waals surface area contributed by atoms with E-state index in [1.165, 1.54) is 0 Å². The van der Waals surface area contributed by atoms with Crippen LogP contribution in [0.1, 0.15) is 47.3 Å². The summed E-state index contributed by atoms with van der Waals surface area (Å²) in [5, 5.41) is 24.5. The summed E-state index contributed by atoms with van der Waals surface area (Å²) in [6.45, 7) is 7.69. The molecule has 2 atom stereocenters. The van der Waals surface area contributed by atoms with Gasteiger partial charge in [-0.1, -0.05) is 32.0 Å². The number of nitrogens with one attached hydrogen (secondary N) is 2. The molecule has 2 aromatic carbocycles. The molecule has 1 amide bonds. The number of carbonyl (C=O) groups excluding carboxylic acids is 1. The topological polar surface area (TPSA) is 116 Å². The minimum absolute atomic E-state index is 0.107. The van der Waals surface area contributed by atoms with Crippen LogP contribution in [0, 0.1) is 19.8 Å². The third kappa shape index (κ3) is 7.53. The first kappa shape index (κ1) is 24.1. The Labute approximate surface area is 182 Å². The van der Waals surface area contributed by atoms with Crippen molar-refractivity contribution in [3.63, 3.8) is 0 Å². The van der Waals surface area contributed by atoms with Crippen LogP contribution in [0.4, 0.5) is 5.69 Å². The monoisotopic (exact) mass is 426 g/mol. The third-order valence-corrected chi connectivity index (χ3v) is 4.84. The summed E-state index contributed by atoms with van der Waals surface area (Å²) in [5.41, 5.74) is 3.96. The minimum Gasteiger partial charge on any atom is -0.480 e. The van der Waals surface area contributed by atoms with Crippen molar-refractivity contribution in [2.75, 3.05) is 5.32 Å². The van der Waals surface area contributed by atoms with Crippen LogP contribution in [0.2, 0.25) is 0 Å². The molecular formula is C24H30N2O5. The number of amides is 1. The molecule has 0 saturated heterocycles. The van der Waals surface area contributed by atoms with Gasteiger partial charge in [-0.15, -0.1) is 0 Å². The first-order chi connectivity index (χ1) is 14.5. The normalized spacial score (nSPS) is 12.9. The van der Waals surface area contributed by atoms with Crippen molar-refractivity contribution in [3.8, 4) is 0 Å². The van der Waals surface area contributed by atoms with Gasteiger partial charge in [-0.3, -0.25) is 19.7 Å². The highest BCUT2D eigenvalue weighted by molar-refractivity contribution is 6.04. The number of aryl methyl sites for hydroxylation is 2. The number of hydrogen-bond donors (Lipinski definition) is 4. The van der Waals surface area contributed by atoms with Gasteiger partial charge in [0.1, 0.15) is 12.1 Å². The van der Waals surface area contributed by atoms with E-state index in [1.807, 2.05) is 45.9 Å². The number of hydrogen-bond acceptors (Lipinski definition) is 4. The van der Waals surface area contributed by atoms with Crippen LogP contribution in [0.3, 0.4) is 0 Å². The van der Waals surface area contributed by atoms with E-state index >= 15 is 0 Å². The molecule has 0 bridgehead atoms. The molecule has 2 aromatic rings. The summed E-state index contributed by atoms with van der Waals surface area (Å²) < 4.78 is 0. The number of carbonyl (C=O) groups is 3. The Morgan fingerprint density at radius 2 is 1.42 bits per heavy atom. The van der Waals surface area contributed by atoms with Crippen molar-refractivity contribution in [1.29, 1.82) is 0 Å². The smallest absolute Gasteiger partial charge is 0.321 e. The van der Waals surface area contributed by atoms with Crippen molar-refractivity contribution in [2.24, 2.45) is 5.92 Å². The summed E-state index contributed by atoms with van der Waals surface area (Å²) >= 11 is 0. The van der Waals surface area contributed by atoms with E-state index in [-0.39, 0.29) is 18.2 Å². The van der Waals surface area contributed by atoms with Gasteiger partial charge in [-0.05, 0) is 73.6 Å². The van der Waals surface area contributed by atoms with Crippen molar-refractivity contribution in [2.45, 2.75) is 52.6 Å². The molecular weight excluding hydrogens is 396 g/mol. The molecule has 0 aliphatic heterocycles. The zero-order valence-electron chi connectivity index (χ0n) is 18.3. The molecule has 0 saturated carbocycles. The number of rotatable bonds is 10. The Balaban J connectivity index is 2.07. The number of anilines is 1. The summed E-state index contributed by atoms with van der Waals surface area (Å²) in [5.74, 6) is -2.34. The Morgan fingerprint density at radius 1 is 0.871 bits per heavy atom. The molecule has 0 aliphatic carbocycles. The molecule has 0 fully saturated rings. The highest BCUT2D eigenvalue weighted by Crippen LogP contribution is 2.16. The molecule has 166 valence electrons. The zero-order valence-corrected chi connectivity index (χ0v) is 18.3. The van der Waals surface area contributed by atoms with E-state index in [9.17, 15) is 24.6 Å². The van der Waals surface area contributed by atoms with Gasteiger partial charge in [0.15, 0.2) is 0 Å². The summed E-state index contributed by atoms with van der Waals surface area (Å²) in [4.78, 5) is 35.6. The standard InChI is InChI=1S/C24H30N2O5/c1-14(2)9-20(23(28)29)26-21(24(30)31)13-17-5-7-18(8-6-17)22(27)25-19-11-15(3)10-16(4)12-19/h5-8,10-12,14,20-21,26H,9,13H2,1-4H3,(H,25,27)(H,28,29)(H,30,31)/t20-,21-/m0/s1. The molecule has 0 spiro atoms. The predicted molar refractivity (Wildman–Crippen MR) is 119 cm³/mol. The van der Waals surface area contributed by atoms with Crippen molar-refractivity contribution < 1.29 is 24.6 Å². The van der Waals surface area contributed by atoms with Gasteiger partial charge in [-0.2, -0.15) is 0 Å². The molecule has 0 radical (unpaired) electrons. The van der Waals surface area contributed by atoms with Crippen LogP contribution >= 0.6 is 0 Å². The summed E-state index contributed by atoms with van der Waals surface area (Å²) in [7, 11) is 0. The number of aliphatic carboxylic acids is 2. The molecule has 7 heteroatoms. The average Bonchev–Trinajstić information content (AvgIpc) is 2.65. The van der Waals surface area contributed by atoms with Crippen LogP contribution in [-0.2, 0) is 16.0 Å². The van der Waals surface area contributed by atoms with E-state index in [1.54, 1.807) is 24.3 Å². The van der Waals surface area contributed by atoms with E-state index in [0.29, 0.717) is 23.2 Å². The van der Waals surface area contributed by atoms with Gasteiger partial charge in [0.05, 0.1) is 0 Å². The highest BCUT2D eigenvalue weighted by atomic mass is 16.4. The predicted octanol–water partition coefficient (Wildman–Crippen LogP) is 3.64. The highest BCUT2D eigenvalue weighted by Gasteiger charge is 2.26. The third-order valence-electron chi connectivity index (χ3n) is 4.84. The quantitative estimate of drug-likeness (QED) is 0.461. The van der Waals surface area contributed by atoms with Crippen LogP contribution < -0.4 is 10.6 Å². The summed E-state index contributed by atoms with van der Waals surface area (Å²) in [6.07, 6.45) is 0.437. The lowest BCUT2D eigenvalue weighted by molar-refractivity contribution is -0.142. The largest absolute Gasteiger partial charge is 0.480 e. The maximum atomic E-state index is 12.5. The molecule has 0 aromatic heterocycles. The van der Waals surface area contributed by atoms with E-state index in [2.05, 4.69) is 10.6 Å². The fourth-order valence-electron chi connectivity index (χ4n) is 3.45. The maximum Gasteiger partial charge on any atom is 0.321 e. The number of carboxylic acid groups (broad SMARTS) is 2. The van der Waals surface area contributed by atoms with Gasteiger partial charge >= 0.3 is 11.9 Å². The molecule has 0 heterocycles. The van der Waals surface area contributed by atoms with Gasteiger partial charge in [0.2, 0.25) is 0 Å². The lowest BCUT2D eigenvalue weighted by Gasteiger charge is -2.21. The first-order valence-electron chi connectivity index (χ1n) is 10.3. The fourth-order valence-corrected chi connectivity index (χ4v) is 3.45. The molecule has 7 nitrogen and oxygen atoms in total. The zero-order chi connectivity index (χ0) is 23.1. The second-order valence-corrected chi connectivity index (χ2v) is 8.31. The molecule has 2 rings (SSSR count). The molecule has 4 N–H and O–H groups in total. The van der Waals surface area contributed by atoms with Gasteiger partial charge in [0.25, 0.3) is 5.91 Å². The lowest BCUT2D eigenvalue weighted by atomic mass is 10.00. The van der Waals surface area contributed by atoms with E-state index in [0.717, 1.165) is 11.1 Å². The Bertz CT molecular complexity index is 917. The SMILES string of the molecule is Cc1cc(C)cc(NC(=O)c2ccc(C[C@H](N[C@@H](CC(C)C)C(=O)O)C(=O)O)cc2)c1. The van der Waals surface area contributed by atoms with Crippen molar-refractivity contribution >= 4 is 23.5 Å². The maximum absolute atomic E-state index is 12.5. The second kappa shape index (κ2) is 10.7. The lowest BCUT2D eigenvalue weighted by Crippen LogP contribution is -2.48. The molecule has 0 aliphatic rings. The van der Waals surface area contributed by atoms with E-state index < -0.39 is 24.0 Å². The minimum atomic E-state index is -1.12. The number of carboxylic acids is 2. The van der Waals surface area contributed by atoms with Crippen LogP contribution in [0.25, 0.3) is 0 Å². The average molecular weight is 427 g/mol. The van der Waals surface area contributed by atoms with Crippen LogP contribution in [-0.4, -0.2) is 40.1 Å². The Hall–Kier alpha value is -3.19. The van der Waals surface area contributed by atoms with Crippen molar-refractivity contribution in [1.82, 2.24) is 5.32 Å². The summed E-state index contributed by atoms with van der Waals surface area (Å²) in [6, 6.07) is 10.5. The van der Waals surface area contributed by atoms with E-state index in [4.69, 9.17) is 0 Å². The van der Waals surface area contributed by atoms with Crippen LogP contribution in [0.15, 0.2) is 42.5 Å². The Kier molecular flexibility index (Phi) is 8.33. The molecule has 31 heavy (non-hydrogen) atoms. The van der Waals surface area contributed by atoms with Gasteiger partial charge < -0.3 is 15.5 Å². The van der Waals surface area contributed by atoms with Crippen LogP contribution in [0.5, 0.6) is 0 Å². The van der Waals surface area contributed by atoms with Gasteiger partial charge in [0, 0.05) is 11.3 Å². The second-order valence-electron chi connectivity index (χ2n) is 8.31. The molecule has 0 unspecified atom stereocenters. The first-order valence-corrected chi connectivity index (χ1v) is 10.3. The Morgan fingerprint density at radius 3 is 1.90 bits per heavy atom. The van der Waals surface area contributed by atoms with Gasteiger partial charge in [-0.25, -0.2) is 0 Å².